The summed E-state index contributed by atoms with van der Waals surface area (Å²) in [4.78, 5) is 31.5. The van der Waals surface area contributed by atoms with E-state index in [9.17, 15) is 9.59 Å². The molecule has 6 heteroatoms. The van der Waals surface area contributed by atoms with Crippen molar-refractivity contribution in [2.45, 2.75) is 38.5 Å². The number of halogens is 1. The van der Waals surface area contributed by atoms with Crippen molar-refractivity contribution in [1.82, 2.24) is 9.97 Å². The molecule has 5 nitrogen and oxygen atoms in total. The Kier molecular flexibility index (Phi) is 4.66. The Morgan fingerprint density at radius 2 is 2.09 bits per heavy atom. The lowest BCUT2D eigenvalue weighted by molar-refractivity contribution is -0.149. The minimum atomic E-state index is -0.167. The summed E-state index contributed by atoms with van der Waals surface area (Å²) < 4.78 is 5.09. The van der Waals surface area contributed by atoms with Crippen molar-refractivity contribution >= 4 is 28.5 Å². The SMILES string of the molecule is CCOC(=O)C1CCC(c2nc3ccc(Cl)cc3c(=O)[nH]2)CC1. The molecule has 0 bridgehead atoms. The van der Waals surface area contributed by atoms with Gasteiger partial charge in [-0.1, -0.05) is 11.6 Å². The molecule has 1 fully saturated rings. The maximum Gasteiger partial charge on any atom is 0.308 e. The Hall–Kier alpha value is -1.88. The molecule has 0 saturated heterocycles. The maximum atomic E-state index is 12.2. The quantitative estimate of drug-likeness (QED) is 0.873. The van der Waals surface area contributed by atoms with Crippen molar-refractivity contribution in [3.8, 4) is 0 Å². The van der Waals surface area contributed by atoms with Crippen molar-refractivity contribution < 1.29 is 9.53 Å². The summed E-state index contributed by atoms with van der Waals surface area (Å²) in [6, 6.07) is 5.13. The third-order valence-electron chi connectivity index (χ3n) is 4.42. The Balaban J connectivity index is 1.79. The monoisotopic (exact) mass is 334 g/mol. The van der Waals surface area contributed by atoms with E-state index >= 15 is 0 Å². The molecule has 1 N–H and O–H groups in total. The number of nitrogens with zero attached hydrogens (tertiary/aromatic N) is 1. The van der Waals surface area contributed by atoms with E-state index < -0.39 is 0 Å². The Morgan fingerprint density at radius 1 is 1.35 bits per heavy atom. The lowest BCUT2D eigenvalue weighted by Crippen LogP contribution is -2.25. The zero-order valence-corrected chi connectivity index (χ0v) is 13.7. The zero-order valence-electron chi connectivity index (χ0n) is 13.0. The predicted octanol–water partition coefficient (Wildman–Crippen LogP) is 3.41. The van der Waals surface area contributed by atoms with Gasteiger partial charge in [0.2, 0.25) is 0 Å². The second-order valence-electron chi connectivity index (χ2n) is 5.91. The molecule has 1 aliphatic rings. The van der Waals surface area contributed by atoms with Gasteiger partial charge in [0.15, 0.2) is 0 Å². The second-order valence-corrected chi connectivity index (χ2v) is 6.35. The number of benzene rings is 1. The van der Waals surface area contributed by atoms with Crippen LogP contribution in [0.15, 0.2) is 23.0 Å². The van der Waals surface area contributed by atoms with Crippen molar-refractivity contribution in [3.63, 3.8) is 0 Å². The smallest absolute Gasteiger partial charge is 0.308 e. The molecule has 1 heterocycles. The van der Waals surface area contributed by atoms with Crippen LogP contribution in [0.1, 0.15) is 44.3 Å². The highest BCUT2D eigenvalue weighted by Crippen LogP contribution is 2.34. The summed E-state index contributed by atoms with van der Waals surface area (Å²) in [7, 11) is 0. The molecule has 0 amide bonds. The van der Waals surface area contributed by atoms with E-state index in [1.807, 2.05) is 6.92 Å². The van der Waals surface area contributed by atoms with Crippen molar-refractivity contribution in [3.05, 3.63) is 39.4 Å². The summed E-state index contributed by atoms with van der Waals surface area (Å²) in [5.74, 6) is 0.735. The highest BCUT2D eigenvalue weighted by atomic mass is 35.5. The summed E-state index contributed by atoms with van der Waals surface area (Å²) >= 11 is 5.93. The number of hydrogen-bond acceptors (Lipinski definition) is 4. The average molecular weight is 335 g/mol. The highest BCUT2D eigenvalue weighted by molar-refractivity contribution is 6.31. The van der Waals surface area contributed by atoms with E-state index in [0.29, 0.717) is 28.4 Å². The summed E-state index contributed by atoms with van der Waals surface area (Å²) in [5.41, 5.74) is 0.487. The molecule has 0 aliphatic heterocycles. The van der Waals surface area contributed by atoms with Gasteiger partial charge in [-0.3, -0.25) is 9.59 Å². The predicted molar refractivity (Wildman–Crippen MR) is 88.7 cm³/mol. The first kappa shape index (κ1) is 16.0. The molecule has 1 aromatic carbocycles. The van der Waals surface area contributed by atoms with Gasteiger partial charge in [-0.05, 0) is 50.8 Å². The molecular formula is C17H19ClN2O3. The Labute approximate surface area is 139 Å². The molecule has 0 unspecified atom stereocenters. The molecule has 0 spiro atoms. The number of nitrogens with one attached hydrogen (secondary N) is 1. The zero-order chi connectivity index (χ0) is 16.4. The molecule has 0 atom stereocenters. The van der Waals surface area contributed by atoms with E-state index in [4.69, 9.17) is 16.3 Å². The minimum Gasteiger partial charge on any atom is -0.466 e. The van der Waals surface area contributed by atoms with Gasteiger partial charge in [0.1, 0.15) is 5.82 Å². The molecule has 23 heavy (non-hydrogen) atoms. The molecule has 1 aliphatic carbocycles. The number of aromatic nitrogens is 2. The van der Waals surface area contributed by atoms with Gasteiger partial charge in [0.25, 0.3) is 5.56 Å². The topological polar surface area (TPSA) is 72.0 Å². The van der Waals surface area contributed by atoms with Gasteiger partial charge in [-0.2, -0.15) is 0 Å². The van der Waals surface area contributed by atoms with Gasteiger partial charge >= 0.3 is 5.97 Å². The lowest BCUT2D eigenvalue weighted by atomic mass is 9.81. The molecule has 0 radical (unpaired) electrons. The van der Waals surface area contributed by atoms with Gasteiger partial charge in [-0.25, -0.2) is 4.98 Å². The third kappa shape index (κ3) is 3.39. The Morgan fingerprint density at radius 3 is 2.78 bits per heavy atom. The number of hydrogen-bond donors (Lipinski definition) is 1. The average Bonchev–Trinajstić information content (AvgIpc) is 2.56. The maximum absolute atomic E-state index is 12.2. The van der Waals surface area contributed by atoms with Crippen LogP contribution in [-0.2, 0) is 9.53 Å². The number of rotatable bonds is 3. The normalized spacial score (nSPS) is 21.3. The van der Waals surface area contributed by atoms with Crippen LogP contribution in [-0.4, -0.2) is 22.5 Å². The number of H-pyrrole nitrogens is 1. The van der Waals surface area contributed by atoms with Crippen LogP contribution in [0.2, 0.25) is 5.02 Å². The number of carbonyl (C=O) groups is 1. The van der Waals surface area contributed by atoms with Crippen LogP contribution in [0.3, 0.4) is 0 Å². The van der Waals surface area contributed by atoms with Crippen LogP contribution in [0.25, 0.3) is 10.9 Å². The van der Waals surface area contributed by atoms with Gasteiger partial charge < -0.3 is 9.72 Å². The highest BCUT2D eigenvalue weighted by Gasteiger charge is 2.29. The Bertz CT molecular complexity index is 779. The van der Waals surface area contributed by atoms with Crippen LogP contribution >= 0.6 is 11.6 Å². The van der Waals surface area contributed by atoms with E-state index in [2.05, 4.69) is 9.97 Å². The van der Waals surface area contributed by atoms with Crippen LogP contribution < -0.4 is 5.56 Å². The molecule has 1 saturated carbocycles. The lowest BCUT2D eigenvalue weighted by Gasteiger charge is -2.26. The largest absolute Gasteiger partial charge is 0.466 e. The fourth-order valence-electron chi connectivity index (χ4n) is 3.19. The summed E-state index contributed by atoms with van der Waals surface area (Å²) in [5, 5.41) is 1.02. The first-order valence-corrected chi connectivity index (χ1v) is 8.32. The summed E-state index contributed by atoms with van der Waals surface area (Å²) in [6.07, 6.45) is 3.19. The van der Waals surface area contributed by atoms with E-state index in [1.165, 1.54) is 0 Å². The number of fused-ring (bicyclic) bond motifs is 1. The van der Waals surface area contributed by atoms with Crippen LogP contribution in [0.4, 0.5) is 0 Å². The first-order valence-electron chi connectivity index (χ1n) is 7.94. The van der Waals surface area contributed by atoms with Crippen molar-refractivity contribution in [1.29, 1.82) is 0 Å². The van der Waals surface area contributed by atoms with Crippen LogP contribution in [0.5, 0.6) is 0 Å². The first-order chi connectivity index (χ1) is 11.1. The molecule has 2 aromatic rings. The van der Waals surface area contributed by atoms with Gasteiger partial charge in [0, 0.05) is 10.9 Å². The van der Waals surface area contributed by atoms with Gasteiger partial charge in [-0.15, -0.1) is 0 Å². The van der Waals surface area contributed by atoms with Crippen molar-refractivity contribution in [2.24, 2.45) is 5.92 Å². The molecular weight excluding hydrogens is 316 g/mol. The van der Waals surface area contributed by atoms with E-state index in [1.54, 1.807) is 18.2 Å². The fraction of sp³-hybridized carbons (Fsp3) is 0.471. The number of aromatic amines is 1. The van der Waals surface area contributed by atoms with Crippen molar-refractivity contribution in [2.75, 3.05) is 6.61 Å². The van der Waals surface area contributed by atoms with E-state index in [0.717, 1.165) is 25.7 Å². The third-order valence-corrected chi connectivity index (χ3v) is 4.65. The minimum absolute atomic E-state index is 0.0304. The fourth-order valence-corrected chi connectivity index (χ4v) is 3.36. The number of ether oxygens (including phenoxy) is 1. The number of carbonyl (C=O) groups excluding carboxylic acids is 1. The van der Waals surface area contributed by atoms with E-state index in [-0.39, 0.29) is 23.4 Å². The second kappa shape index (κ2) is 6.71. The summed E-state index contributed by atoms with van der Waals surface area (Å²) in [6.45, 7) is 2.24. The molecule has 1 aromatic heterocycles. The molecule has 3 rings (SSSR count). The standard InChI is InChI=1S/C17H19ClN2O3/c1-2-23-17(22)11-5-3-10(4-6-11)15-19-14-8-7-12(18)9-13(14)16(21)20-15/h7-11H,2-6H2,1H3,(H,19,20,21). The van der Waals surface area contributed by atoms with Gasteiger partial charge in [0.05, 0.1) is 23.4 Å². The van der Waals surface area contributed by atoms with Crippen LogP contribution in [0, 0.1) is 5.92 Å². The number of esters is 1. The molecule has 122 valence electrons.